The van der Waals surface area contributed by atoms with Gasteiger partial charge in [0.1, 0.15) is 0 Å². The third kappa shape index (κ3) is 4.01. The lowest BCUT2D eigenvalue weighted by molar-refractivity contribution is -0.453. The molecule has 0 aromatic heterocycles. The van der Waals surface area contributed by atoms with Crippen LogP contribution in [-0.4, -0.2) is 60.0 Å². The lowest BCUT2D eigenvalue weighted by Crippen LogP contribution is -2.74. The van der Waals surface area contributed by atoms with Gasteiger partial charge in [-0.15, -0.1) is 0 Å². The van der Waals surface area contributed by atoms with E-state index in [1.54, 1.807) is 0 Å². The molecule has 31 heavy (non-hydrogen) atoms. The first kappa shape index (κ1) is 29.1. The lowest BCUT2D eigenvalue weighted by atomic mass is 9.88. The molecule has 184 valence electrons. The van der Waals surface area contributed by atoms with Gasteiger partial charge in [-0.3, -0.25) is 0 Å². The van der Waals surface area contributed by atoms with Crippen LogP contribution in [-0.2, 0) is 9.53 Å². The fourth-order valence-electron chi connectivity index (χ4n) is 1.61. The zero-order valence-corrected chi connectivity index (χ0v) is 14.4. The molecule has 0 aliphatic rings. The summed E-state index contributed by atoms with van der Waals surface area (Å²) in [5.74, 6) is -63.8. The molecule has 0 radical (unpaired) electrons. The number of halogens is 16. The Morgan fingerprint density at radius 2 is 0.935 bits per heavy atom. The van der Waals surface area contributed by atoms with Crippen molar-refractivity contribution in [1.29, 1.82) is 0 Å². The van der Waals surface area contributed by atoms with E-state index in [0.717, 1.165) is 0 Å². The predicted octanol–water partition coefficient (Wildman–Crippen LogP) is 5.82. The smallest absolute Gasteiger partial charge is 0.385 e. The van der Waals surface area contributed by atoms with Crippen LogP contribution in [0.2, 0.25) is 0 Å². The van der Waals surface area contributed by atoms with E-state index in [-0.39, 0.29) is 6.08 Å². The van der Waals surface area contributed by atoms with E-state index >= 15 is 0 Å². The number of hydrogen-bond donors (Lipinski definition) is 0. The molecule has 2 nitrogen and oxygen atoms in total. The Morgan fingerprint density at radius 1 is 0.645 bits per heavy atom. The van der Waals surface area contributed by atoms with Crippen molar-refractivity contribution in [2.45, 2.75) is 54.3 Å². The predicted molar refractivity (Wildman–Crippen MR) is 66.4 cm³/mol. The number of ether oxygens (including phenoxy) is 1. The second-order valence-electron chi connectivity index (χ2n) is 5.85. The van der Waals surface area contributed by atoms with Crippen molar-refractivity contribution in [1.82, 2.24) is 0 Å². The van der Waals surface area contributed by atoms with Crippen molar-refractivity contribution in [3.63, 3.8) is 0 Å². The maximum Gasteiger partial charge on any atom is 0.385 e. The molecule has 0 N–H and O–H groups in total. The summed E-state index contributed by atoms with van der Waals surface area (Å²) >= 11 is 0. The first-order valence-electron chi connectivity index (χ1n) is 7.02. The molecule has 0 bridgehead atoms. The monoisotopic (exact) mass is 500 g/mol. The minimum Gasteiger partial charge on any atom is -0.456 e. The molecule has 0 unspecified atom stereocenters. The summed E-state index contributed by atoms with van der Waals surface area (Å²) in [4.78, 5) is 10.5. The normalized spacial score (nSPS) is 15.6. The molecule has 0 heterocycles. The summed E-state index contributed by atoms with van der Waals surface area (Å²) in [6.07, 6.45) is -0.0390. The van der Waals surface area contributed by atoms with E-state index in [0.29, 0.717) is 0 Å². The van der Waals surface area contributed by atoms with Gasteiger partial charge in [0.2, 0.25) is 0 Å². The number of esters is 1. The number of carbonyl (C=O) groups excluding carboxylic acids is 1. The fourth-order valence-corrected chi connectivity index (χ4v) is 1.61. The molecule has 0 fully saturated rings. The summed E-state index contributed by atoms with van der Waals surface area (Å²) in [6, 6.07) is 0. The van der Waals surface area contributed by atoms with Gasteiger partial charge in [0, 0.05) is 13.0 Å². The molecule has 0 rings (SSSR count). The third-order valence-electron chi connectivity index (χ3n) is 3.54. The van der Waals surface area contributed by atoms with Crippen molar-refractivity contribution < 1.29 is 79.8 Å². The van der Waals surface area contributed by atoms with Crippen LogP contribution in [0.5, 0.6) is 0 Å². The van der Waals surface area contributed by atoms with Crippen molar-refractivity contribution in [3.8, 4) is 0 Å². The highest BCUT2D eigenvalue weighted by Crippen LogP contribution is 2.63. The Labute approximate surface area is 160 Å². The van der Waals surface area contributed by atoms with Crippen LogP contribution in [0.25, 0.3) is 0 Å². The lowest BCUT2D eigenvalue weighted by Gasteiger charge is -2.43. The van der Waals surface area contributed by atoms with Crippen molar-refractivity contribution in [2.24, 2.45) is 0 Å². The van der Waals surface area contributed by atoms with Crippen molar-refractivity contribution in [2.75, 3.05) is 6.61 Å². The largest absolute Gasteiger partial charge is 0.456 e. The first-order valence-corrected chi connectivity index (χ1v) is 7.02. The summed E-state index contributed by atoms with van der Waals surface area (Å²) < 4.78 is 214. The standard InChI is InChI=1S/C13H8F16O2/c1-3-5(30)31-4-7(16,17)9(20,21)11(24,25)13(28,29)12(26,27)10(22,23)8(18,19)6(2,14)15/h3H,1,4H2,2H3. The highest BCUT2D eigenvalue weighted by molar-refractivity contribution is 5.81. The Bertz CT molecular complexity index is 690. The van der Waals surface area contributed by atoms with Crippen molar-refractivity contribution in [3.05, 3.63) is 12.7 Å². The highest BCUT2D eigenvalue weighted by atomic mass is 19.4. The van der Waals surface area contributed by atoms with E-state index < -0.39 is 66.9 Å². The van der Waals surface area contributed by atoms with Gasteiger partial charge in [-0.2, -0.15) is 70.2 Å². The van der Waals surface area contributed by atoms with E-state index in [2.05, 4.69) is 11.3 Å². The van der Waals surface area contributed by atoms with Gasteiger partial charge >= 0.3 is 53.3 Å². The third-order valence-corrected chi connectivity index (χ3v) is 3.54. The summed E-state index contributed by atoms with van der Waals surface area (Å²) in [7, 11) is 0. The molecule has 0 aromatic carbocycles. The SMILES string of the molecule is C=CC(=O)OCC(F)(F)C(F)(F)C(F)(F)C(F)(F)C(F)(F)C(F)(F)C(F)(F)C(C)(F)F. The van der Waals surface area contributed by atoms with Gasteiger partial charge in [0.15, 0.2) is 6.61 Å². The van der Waals surface area contributed by atoms with Crippen LogP contribution in [0.3, 0.4) is 0 Å². The molecule has 0 spiro atoms. The number of carbonyl (C=O) groups is 1. The molecule has 0 amide bonds. The van der Waals surface area contributed by atoms with Crippen LogP contribution < -0.4 is 0 Å². The van der Waals surface area contributed by atoms with Crippen molar-refractivity contribution >= 4 is 5.97 Å². The molecule has 0 atom stereocenters. The van der Waals surface area contributed by atoms with Gasteiger partial charge in [0.25, 0.3) is 0 Å². The first-order chi connectivity index (χ1) is 13.2. The minimum absolute atomic E-state index is 0.0390. The Hall–Kier alpha value is -1.91. The zero-order chi connectivity index (χ0) is 25.7. The number of rotatable bonds is 10. The highest BCUT2D eigenvalue weighted by Gasteiger charge is 2.94. The summed E-state index contributed by atoms with van der Waals surface area (Å²) in [6.45, 7) is -1.93. The van der Waals surface area contributed by atoms with E-state index in [1.165, 1.54) is 0 Å². The topological polar surface area (TPSA) is 26.3 Å². The maximum atomic E-state index is 13.4. The van der Waals surface area contributed by atoms with Crippen LogP contribution in [0, 0.1) is 0 Å². The molecular weight excluding hydrogens is 492 g/mol. The van der Waals surface area contributed by atoms with E-state index in [4.69, 9.17) is 0 Å². The number of hydrogen-bond acceptors (Lipinski definition) is 2. The Kier molecular flexibility index (Phi) is 7.13. The fraction of sp³-hybridized carbons (Fsp3) is 0.769. The van der Waals surface area contributed by atoms with Crippen LogP contribution in [0.1, 0.15) is 6.92 Å². The van der Waals surface area contributed by atoms with Gasteiger partial charge in [0.05, 0.1) is 0 Å². The average molecular weight is 500 g/mol. The average Bonchev–Trinajstić information content (AvgIpc) is 2.57. The maximum absolute atomic E-state index is 13.4. The second-order valence-corrected chi connectivity index (χ2v) is 5.85. The molecule has 0 aromatic rings. The van der Waals surface area contributed by atoms with Crippen LogP contribution >= 0.6 is 0 Å². The van der Waals surface area contributed by atoms with Gasteiger partial charge in [-0.05, 0) is 0 Å². The van der Waals surface area contributed by atoms with E-state index in [9.17, 15) is 75.0 Å². The molecular formula is C13H8F16O2. The summed E-state index contributed by atoms with van der Waals surface area (Å²) in [5.41, 5.74) is 0. The Morgan fingerprint density at radius 3 is 1.23 bits per heavy atom. The Balaban J connectivity index is 6.55. The van der Waals surface area contributed by atoms with Gasteiger partial charge < -0.3 is 4.74 Å². The number of alkyl halides is 16. The summed E-state index contributed by atoms with van der Waals surface area (Å²) in [5, 5.41) is 0. The van der Waals surface area contributed by atoms with Crippen LogP contribution in [0.4, 0.5) is 70.2 Å². The van der Waals surface area contributed by atoms with Crippen LogP contribution in [0.15, 0.2) is 12.7 Å². The molecule has 0 aliphatic carbocycles. The quantitative estimate of drug-likeness (QED) is 0.215. The zero-order valence-electron chi connectivity index (χ0n) is 14.4. The second kappa shape index (κ2) is 7.60. The molecule has 18 heteroatoms. The van der Waals surface area contributed by atoms with E-state index in [1.807, 2.05) is 0 Å². The molecule has 0 aliphatic heterocycles. The molecule has 0 saturated heterocycles. The van der Waals surface area contributed by atoms with Gasteiger partial charge in [-0.1, -0.05) is 6.58 Å². The minimum atomic E-state index is -8.49. The van der Waals surface area contributed by atoms with Gasteiger partial charge in [-0.25, -0.2) is 4.79 Å². The molecule has 0 saturated carbocycles.